The van der Waals surface area contributed by atoms with E-state index in [1.165, 1.54) is 14.2 Å². The van der Waals surface area contributed by atoms with Crippen LogP contribution in [0.25, 0.3) is 0 Å². The van der Waals surface area contributed by atoms with Crippen LogP contribution in [0.15, 0.2) is 42.5 Å². The SMILES string of the molecule is CCCOC(=O)c1ccc(NC(=O)COC(=O)Cc2ccc(OC)c(OC)c2)cc1. The number of hydrogen-bond donors (Lipinski definition) is 1. The molecule has 0 saturated carbocycles. The minimum atomic E-state index is -0.550. The van der Waals surface area contributed by atoms with Crippen molar-refractivity contribution in [1.29, 1.82) is 0 Å². The fraction of sp³-hybridized carbons (Fsp3) is 0.318. The summed E-state index contributed by atoms with van der Waals surface area (Å²) in [4.78, 5) is 35.8. The molecular weight excluding hydrogens is 390 g/mol. The van der Waals surface area contributed by atoms with E-state index in [9.17, 15) is 14.4 Å². The van der Waals surface area contributed by atoms with E-state index in [1.54, 1.807) is 42.5 Å². The molecule has 0 aromatic heterocycles. The third-order valence-corrected chi connectivity index (χ3v) is 4.00. The lowest BCUT2D eigenvalue weighted by atomic mass is 10.1. The van der Waals surface area contributed by atoms with Crippen LogP contribution in [0.4, 0.5) is 5.69 Å². The Hall–Kier alpha value is -3.55. The summed E-state index contributed by atoms with van der Waals surface area (Å²) >= 11 is 0. The van der Waals surface area contributed by atoms with Crippen LogP contribution in [0, 0.1) is 0 Å². The molecule has 30 heavy (non-hydrogen) atoms. The predicted molar refractivity (Wildman–Crippen MR) is 110 cm³/mol. The van der Waals surface area contributed by atoms with E-state index in [2.05, 4.69) is 5.32 Å². The van der Waals surface area contributed by atoms with Gasteiger partial charge < -0.3 is 24.3 Å². The number of benzene rings is 2. The number of rotatable bonds is 10. The molecule has 0 aliphatic rings. The van der Waals surface area contributed by atoms with Gasteiger partial charge in [0.15, 0.2) is 18.1 Å². The number of carbonyl (C=O) groups excluding carboxylic acids is 3. The van der Waals surface area contributed by atoms with Crippen LogP contribution < -0.4 is 14.8 Å². The number of amides is 1. The van der Waals surface area contributed by atoms with Crippen molar-refractivity contribution in [2.75, 3.05) is 32.8 Å². The first-order chi connectivity index (χ1) is 14.5. The van der Waals surface area contributed by atoms with Crippen molar-refractivity contribution in [2.24, 2.45) is 0 Å². The van der Waals surface area contributed by atoms with Crippen molar-refractivity contribution in [2.45, 2.75) is 19.8 Å². The highest BCUT2D eigenvalue weighted by atomic mass is 16.5. The molecule has 0 heterocycles. The summed E-state index contributed by atoms with van der Waals surface area (Å²) in [6.07, 6.45) is 0.729. The molecule has 0 atom stereocenters. The minimum absolute atomic E-state index is 0.0117. The zero-order valence-corrected chi connectivity index (χ0v) is 17.2. The van der Waals surface area contributed by atoms with Gasteiger partial charge in [0, 0.05) is 5.69 Å². The van der Waals surface area contributed by atoms with Gasteiger partial charge >= 0.3 is 11.9 Å². The van der Waals surface area contributed by atoms with E-state index in [4.69, 9.17) is 18.9 Å². The van der Waals surface area contributed by atoms with Gasteiger partial charge in [-0.3, -0.25) is 9.59 Å². The van der Waals surface area contributed by atoms with Crippen LogP contribution in [0.5, 0.6) is 11.5 Å². The highest BCUT2D eigenvalue weighted by Crippen LogP contribution is 2.27. The topological polar surface area (TPSA) is 100 Å². The molecule has 2 aromatic rings. The average molecular weight is 415 g/mol. The standard InChI is InChI=1S/C22H25NO7/c1-4-11-29-22(26)16-6-8-17(9-7-16)23-20(24)14-30-21(25)13-15-5-10-18(27-2)19(12-15)28-3/h5-10,12H,4,11,13-14H2,1-3H3,(H,23,24). The summed E-state index contributed by atoms with van der Waals surface area (Å²) in [5, 5.41) is 2.60. The Morgan fingerprint density at radius 2 is 1.60 bits per heavy atom. The second kappa shape index (κ2) is 11.5. The number of ether oxygens (including phenoxy) is 4. The molecule has 0 aliphatic heterocycles. The van der Waals surface area contributed by atoms with E-state index in [1.807, 2.05) is 6.92 Å². The van der Waals surface area contributed by atoms with Crippen LogP contribution in [0.1, 0.15) is 29.3 Å². The van der Waals surface area contributed by atoms with E-state index in [-0.39, 0.29) is 6.42 Å². The van der Waals surface area contributed by atoms with Gasteiger partial charge in [-0.1, -0.05) is 13.0 Å². The maximum Gasteiger partial charge on any atom is 0.338 e. The highest BCUT2D eigenvalue weighted by molar-refractivity contribution is 5.94. The maximum absolute atomic E-state index is 12.0. The zero-order chi connectivity index (χ0) is 21.9. The normalized spacial score (nSPS) is 10.1. The van der Waals surface area contributed by atoms with Crippen molar-refractivity contribution in [1.82, 2.24) is 0 Å². The molecule has 160 valence electrons. The molecule has 8 heteroatoms. The lowest BCUT2D eigenvalue weighted by Gasteiger charge is -2.10. The monoisotopic (exact) mass is 415 g/mol. The highest BCUT2D eigenvalue weighted by Gasteiger charge is 2.12. The minimum Gasteiger partial charge on any atom is -0.493 e. The Bertz CT molecular complexity index is 878. The van der Waals surface area contributed by atoms with Crippen LogP contribution in [0.3, 0.4) is 0 Å². The lowest BCUT2D eigenvalue weighted by Crippen LogP contribution is -2.21. The summed E-state index contributed by atoms with van der Waals surface area (Å²) in [6.45, 7) is 1.84. The largest absolute Gasteiger partial charge is 0.493 e. The van der Waals surface area contributed by atoms with Gasteiger partial charge in [-0.05, 0) is 48.4 Å². The first-order valence-corrected chi connectivity index (χ1v) is 9.40. The Morgan fingerprint density at radius 3 is 2.23 bits per heavy atom. The Morgan fingerprint density at radius 1 is 0.900 bits per heavy atom. The summed E-state index contributed by atoms with van der Waals surface area (Å²) < 4.78 is 20.4. The molecule has 1 amide bonds. The second-order valence-corrected chi connectivity index (χ2v) is 6.29. The number of esters is 2. The number of methoxy groups -OCH3 is 2. The van der Waals surface area contributed by atoms with Gasteiger partial charge in [0.05, 0.1) is 32.8 Å². The van der Waals surface area contributed by atoms with Crippen LogP contribution >= 0.6 is 0 Å². The van der Waals surface area contributed by atoms with E-state index < -0.39 is 24.5 Å². The quantitative estimate of drug-likeness (QED) is 0.596. The van der Waals surface area contributed by atoms with Gasteiger partial charge in [0.1, 0.15) is 0 Å². The zero-order valence-electron chi connectivity index (χ0n) is 17.2. The first-order valence-electron chi connectivity index (χ1n) is 9.40. The molecule has 8 nitrogen and oxygen atoms in total. The smallest absolute Gasteiger partial charge is 0.338 e. The molecule has 0 aliphatic carbocycles. The molecular formula is C22H25NO7. The van der Waals surface area contributed by atoms with E-state index in [0.29, 0.717) is 34.9 Å². The number of anilines is 1. The van der Waals surface area contributed by atoms with Crippen molar-refractivity contribution in [3.8, 4) is 11.5 Å². The summed E-state index contributed by atoms with van der Waals surface area (Å²) in [6, 6.07) is 11.3. The number of nitrogens with one attached hydrogen (secondary N) is 1. The summed E-state index contributed by atoms with van der Waals surface area (Å²) in [5.74, 6) is -0.400. The summed E-state index contributed by atoms with van der Waals surface area (Å²) in [5.41, 5.74) is 1.54. The van der Waals surface area contributed by atoms with Gasteiger partial charge in [-0.15, -0.1) is 0 Å². The summed E-state index contributed by atoms with van der Waals surface area (Å²) in [7, 11) is 3.03. The van der Waals surface area contributed by atoms with Gasteiger partial charge in [-0.2, -0.15) is 0 Å². The average Bonchev–Trinajstić information content (AvgIpc) is 2.76. The van der Waals surface area contributed by atoms with E-state index in [0.717, 1.165) is 6.42 Å². The van der Waals surface area contributed by atoms with Crippen molar-refractivity contribution >= 4 is 23.5 Å². The van der Waals surface area contributed by atoms with Crippen molar-refractivity contribution in [3.63, 3.8) is 0 Å². The van der Waals surface area contributed by atoms with Crippen LogP contribution in [-0.2, 0) is 25.5 Å². The van der Waals surface area contributed by atoms with Crippen LogP contribution in [-0.4, -0.2) is 45.3 Å². The Kier molecular flexibility index (Phi) is 8.68. The second-order valence-electron chi connectivity index (χ2n) is 6.29. The Labute approximate surface area is 175 Å². The van der Waals surface area contributed by atoms with Gasteiger partial charge in [0.25, 0.3) is 5.91 Å². The third-order valence-electron chi connectivity index (χ3n) is 4.00. The molecule has 1 N–H and O–H groups in total. The molecule has 0 radical (unpaired) electrons. The lowest BCUT2D eigenvalue weighted by molar-refractivity contribution is -0.146. The van der Waals surface area contributed by atoms with Gasteiger partial charge in [0.2, 0.25) is 0 Å². The maximum atomic E-state index is 12.0. The van der Waals surface area contributed by atoms with Crippen molar-refractivity contribution in [3.05, 3.63) is 53.6 Å². The molecule has 0 spiro atoms. The molecule has 0 saturated heterocycles. The van der Waals surface area contributed by atoms with E-state index >= 15 is 0 Å². The molecule has 0 unspecified atom stereocenters. The molecule has 0 bridgehead atoms. The molecule has 2 aromatic carbocycles. The van der Waals surface area contributed by atoms with Gasteiger partial charge in [-0.25, -0.2) is 4.79 Å². The molecule has 0 fully saturated rings. The number of hydrogen-bond acceptors (Lipinski definition) is 7. The predicted octanol–water partition coefficient (Wildman–Crippen LogP) is 3.00. The fourth-order valence-electron chi connectivity index (χ4n) is 2.52. The third kappa shape index (κ3) is 6.80. The molecule has 2 rings (SSSR count). The Balaban J connectivity index is 1.81. The van der Waals surface area contributed by atoms with Crippen molar-refractivity contribution < 1.29 is 33.3 Å². The number of carbonyl (C=O) groups is 3. The first kappa shape index (κ1) is 22.7. The van der Waals surface area contributed by atoms with Crippen LogP contribution in [0.2, 0.25) is 0 Å². The fourth-order valence-corrected chi connectivity index (χ4v) is 2.52.